The van der Waals surface area contributed by atoms with E-state index in [9.17, 15) is 14.7 Å². The fourth-order valence-corrected chi connectivity index (χ4v) is 4.98. The van der Waals surface area contributed by atoms with Crippen LogP contribution in [0.25, 0.3) is 5.76 Å². The Labute approximate surface area is 206 Å². The predicted octanol–water partition coefficient (Wildman–Crippen LogP) is 2.76. The lowest BCUT2D eigenvalue weighted by molar-refractivity contribution is -0.895. The minimum atomic E-state index is -0.663. The van der Waals surface area contributed by atoms with Crippen molar-refractivity contribution >= 4 is 17.4 Å². The number of rotatable bonds is 9. The molecule has 7 nitrogen and oxygen atoms in total. The number of hydrogen-bond acceptors (Lipinski definition) is 5. The number of Topliss-reactive ketones (excluding diaryl/α,β-unsaturated/α-hetero) is 1. The summed E-state index contributed by atoms with van der Waals surface area (Å²) in [5.74, 6) is 0.131. The Morgan fingerprint density at radius 3 is 2.49 bits per heavy atom. The summed E-state index contributed by atoms with van der Waals surface area (Å²) in [5, 5.41) is 11.4. The largest absolute Gasteiger partial charge is 0.507 e. The van der Waals surface area contributed by atoms with E-state index >= 15 is 0 Å². The summed E-state index contributed by atoms with van der Waals surface area (Å²) in [5.41, 5.74) is 2.39. The van der Waals surface area contributed by atoms with Crippen molar-refractivity contribution in [2.75, 3.05) is 32.8 Å². The quantitative estimate of drug-likeness (QED) is 0.329. The first-order valence-corrected chi connectivity index (χ1v) is 12.5. The van der Waals surface area contributed by atoms with E-state index in [0.29, 0.717) is 24.5 Å². The molecule has 0 saturated carbocycles. The van der Waals surface area contributed by atoms with Crippen LogP contribution in [0.3, 0.4) is 0 Å². The smallest absolute Gasteiger partial charge is 0.295 e. The lowest BCUT2D eigenvalue weighted by atomic mass is 9.94. The molecule has 7 heteroatoms. The van der Waals surface area contributed by atoms with E-state index in [4.69, 9.17) is 9.47 Å². The van der Waals surface area contributed by atoms with Gasteiger partial charge in [-0.1, -0.05) is 12.1 Å². The van der Waals surface area contributed by atoms with Crippen LogP contribution in [0, 0.1) is 0 Å². The van der Waals surface area contributed by atoms with Crippen molar-refractivity contribution < 1.29 is 29.1 Å². The number of aliphatic hydroxyl groups excluding tert-OH is 1. The number of nitrogens with zero attached hydrogens (tertiary/aromatic N) is 1. The lowest BCUT2D eigenvalue weighted by Gasteiger charge is -2.27. The van der Waals surface area contributed by atoms with Gasteiger partial charge in [0.1, 0.15) is 23.4 Å². The third kappa shape index (κ3) is 4.91. The fraction of sp³-hybridized carbons (Fsp3) is 0.429. The summed E-state index contributed by atoms with van der Waals surface area (Å²) < 4.78 is 11.3. The maximum atomic E-state index is 13.3. The average molecular weight is 480 g/mol. The lowest BCUT2D eigenvalue weighted by Crippen LogP contribution is -3.12. The SMILES string of the molecule is CCOc1ccc([C@@H]2C(=C(O)c3ccc4c(c3)C[C@H](C)O4)C(=O)C(=O)N2CC[NH+](CC)CC)cc1. The van der Waals surface area contributed by atoms with Crippen molar-refractivity contribution in [3.05, 3.63) is 64.7 Å². The molecule has 2 aliphatic heterocycles. The molecule has 0 unspecified atom stereocenters. The summed E-state index contributed by atoms with van der Waals surface area (Å²) >= 11 is 0. The number of ether oxygens (including phenoxy) is 2. The van der Waals surface area contributed by atoms with Crippen LogP contribution in [-0.2, 0) is 16.0 Å². The minimum absolute atomic E-state index is 0.0689. The zero-order valence-electron chi connectivity index (χ0n) is 21.0. The van der Waals surface area contributed by atoms with E-state index in [2.05, 4.69) is 13.8 Å². The highest BCUT2D eigenvalue weighted by Crippen LogP contribution is 2.40. The number of quaternary nitrogens is 1. The van der Waals surface area contributed by atoms with Crippen molar-refractivity contribution in [2.45, 2.75) is 46.3 Å². The molecule has 2 aromatic carbocycles. The molecule has 2 N–H and O–H groups in total. The Kier molecular flexibility index (Phi) is 7.45. The third-order valence-electron chi connectivity index (χ3n) is 6.92. The van der Waals surface area contributed by atoms with E-state index in [1.54, 1.807) is 11.0 Å². The van der Waals surface area contributed by atoms with Crippen LogP contribution < -0.4 is 14.4 Å². The van der Waals surface area contributed by atoms with E-state index in [-0.39, 0.29) is 17.4 Å². The molecule has 2 aliphatic rings. The van der Waals surface area contributed by atoms with Crippen LogP contribution in [-0.4, -0.2) is 60.6 Å². The molecule has 35 heavy (non-hydrogen) atoms. The number of carbonyl (C=O) groups excluding carboxylic acids is 2. The number of carbonyl (C=O) groups is 2. The normalized spacial score (nSPS) is 20.9. The number of likely N-dealkylation sites (N-methyl/N-ethyl adjacent to an activating group) is 1. The Morgan fingerprint density at radius 1 is 1.11 bits per heavy atom. The second-order valence-electron chi connectivity index (χ2n) is 9.16. The molecule has 0 aromatic heterocycles. The van der Waals surface area contributed by atoms with Gasteiger partial charge >= 0.3 is 0 Å². The summed E-state index contributed by atoms with van der Waals surface area (Å²) in [6.45, 7) is 11.7. The van der Waals surface area contributed by atoms with Gasteiger partial charge in [-0.3, -0.25) is 9.59 Å². The van der Waals surface area contributed by atoms with Gasteiger partial charge in [-0.05, 0) is 69.2 Å². The maximum Gasteiger partial charge on any atom is 0.295 e. The predicted molar refractivity (Wildman–Crippen MR) is 134 cm³/mol. The molecule has 186 valence electrons. The van der Waals surface area contributed by atoms with E-state index in [1.165, 1.54) is 4.90 Å². The van der Waals surface area contributed by atoms with Gasteiger partial charge in [-0.15, -0.1) is 0 Å². The second kappa shape index (κ2) is 10.5. The van der Waals surface area contributed by atoms with Crippen LogP contribution in [0.5, 0.6) is 11.5 Å². The van der Waals surface area contributed by atoms with Crippen LogP contribution in [0.15, 0.2) is 48.0 Å². The summed E-state index contributed by atoms with van der Waals surface area (Å²) in [7, 11) is 0. The molecule has 4 rings (SSSR count). The first kappa shape index (κ1) is 24.8. The van der Waals surface area contributed by atoms with Gasteiger partial charge in [0, 0.05) is 12.0 Å². The van der Waals surface area contributed by atoms with Crippen molar-refractivity contribution in [3.63, 3.8) is 0 Å². The molecular weight excluding hydrogens is 444 g/mol. The first-order valence-electron chi connectivity index (χ1n) is 12.5. The molecule has 1 saturated heterocycles. The minimum Gasteiger partial charge on any atom is -0.507 e. The van der Waals surface area contributed by atoms with Crippen LogP contribution in [0.1, 0.15) is 50.4 Å². The molecule has 2 heterocycles. The highest BCUT2D eigenvalue weighted by Gasteiger charge is 2.46. The van der Waals surface area contributed by atoms with Gasteiger partial charge in [0.05, 0.1) is 44.4 Å². The highest BCUT2D eigenvalue weighted by molar-refractivity contribution is 6.46. The number of fused-ring (bicyclic) bond motifs is 1. The number of aliphatic hydroxyl groups is 1. The number of amides is 1. The monoisotopic (exact) mass is 479 g/mol. The molecular formula is C28H35N2O5+. The van der Waals surface area contributed by atoms with E-state index in [1.807, 2.05) is 50.2 Å². The van der Waals surface area contributed by atoms with Crippen molar-refractivity contribution in [2.24, 2.45) is 0 Å². The number of likely N-dealkylation sites (tertiary alicyclic amines) is 1. The van der Waals surface area contributed by atoms with Gasteiger partial charge in [-0.2, -0.15) is 0 Å². The van der Waals surface area contributed by atoms with Crippen LogP contribution >= 0.6 is 0 Å². The van der Waals surface area contributed by atoms with Crippen molar-refractivity contribution in [1.29, 1.82) is 0 Å². The maximum absolute atomic E-state index is 13.3. The third-order valence-corrected chi connectivity index (χ3v) is 6.92. The van der Waals surface area contributed by atoms with E-state index < -0.39 is 17.7 Å². The van der Waals surface area contributed by atoms with Gasteiger partial charge < -0.3 is 24.4 Å². The average Bonchev–Trinajstić information content (AvgIpc) is 3.35. The number of benzene rings is 2. The summed E-state index contributed by atoms with van der Waals surface area (Å²) in [6, 6.07) is 12.2. The fourth-order valence-electron chi connectivity index (χ4n) is 4.98. The number of nitrogens with one attached hydrogen (secondary N) is 1. The molecule has 1 fully saturated rings. The number of hydrogen-bond donors (Lipinski definition) is 2. The Balaban J connectivity index is 1.76. The second-order valence-corrected chi connectivity index (χ2v) is 9.16. The molecule has 0 bridgehead atoms. The van der Waals surface area contributed by atoms with Gasteiger partial charge in [0.25, 0.3) is 11.7 Å². The molecule has 0 spiro atoms. The van der Waals surface area contributed by atoms with Gasteiger partial charge in [0.15, 0.2) is 0 Å². The number of ketones is 1. The zero-order chi connectivity index (χ0) is 25.1. The first-order chi connectivity index (χ1) is 16.9. The molecule has 0 radical (unpaired) electrons. The molecule has 1 amide bonds. The van der Waals surface area contributed by atoms with Crippen LogP contribution in [0.4, 0.5) is 0 Å². The standard InChI is InChI=1S/C28H34N2O5/c1-5-29(6-2)14-15-30-25(19-8-11-22(12-9-19)34-7-3)24(27(32)28(30)33)26(31)20-10-13-23-21(17-20)16-18(4)35-23/h8-13,17-18,25,31H,5-7,14-16H2,1-4H3/p+1/t18-,25+/m0/s1. The summed E-state index contributed by atoms with van der Waals surface area (Å²) in [6.07, 6.45) is 0.805. The Bertz CT molecular complexity index is 1120. The summed E-state index contributed by atoms with van der Waals surface area (Å²) in [4.78, 5) is 29.4. The van der Waals surface area contributed by atoms with E-state index in [0.717, 1.165) is 42.9 Å². The van der Waals surface area contributed by atoms with Gasteiger partial charge in [0.2, 0.25) is 0 Å². The van der Waals surface area contributed by atoms with Crippen molar-refractivity contribution in [3.8, 4) is 11.5 Å². The molecule has 2 aromatic rings. The zero-order valence-corrected chi connectivity index (χ0v) is 21.0. The van der Waals surface area contributed by atoms with Crippen molar-refractivity contribution in [1.82, 2.24) is 4.90 Å². The molecule has 0 aliphatic carbocycles. The Morgan fingerprint density at radius 2 is 1.83 bits per heavy atom. The van der Waals surface area contributed by atoms with Crippen LogP contribution in [0.2, 0.25) is 0 Å². The Hall–Kier alpha value is -3.32. The highest BCUT2D eigenvalue weighted by atomic mass is 16.5. The van der Waals surface area contributed by atoms with Gasteiger partial charge in [-0.25, -0.2) is 0 Å². The molecule has 2 atom stereocenters. The topological polar surface area (TPSA) is 80.5 Å².